The minimum Gasteiger partial charge on any atom is -0.468 e. The van der Waals surface area contributed by atoms with Crippen molar-refractivity contribution in [3.63, 3.8) is 0 Å². The lowest BCUT2D eigenvalue weighted by Gasteiger charge is -2.26. The van der Waals surface area contributed by atoms with Crippen molar-refractivity contribution >= 4 is 5.69 Å². The molecule has 13 heavy (non-hydrogen) atoms. The molecule has 3 nitrogen and oxygen atoms in total. The van der Waals surface area contributed by atoms with E-state index in [1.807, 2.05) is 6.07 Å². The Morgan fingerprint density at radius 1 is 1.46 bits per heavy atom. The lowest BCUT2D eigenvalue weighted by atomic mass is 9.94. The fourth-order valence-electron chi connectivity index (χ4n) is 1.28. The van der Waals surface area contributed by atoms with E-state index in [1.165, 1.54) is 0 Å². The van der Waals surface area contributed by atoms with Crippen LogP contribution in [0.1, 0.15) is 20.8 Å². The SMILES string of the molecule is CC(C)(C)C1Nc2cnccc2O1. The summed E-state index contributed by atoms with van der Waals surface area (Å²) >= 11 is 0. The monoisotopic (exact) mass is 178 g/mol. The van der Waals surface area contributed by atoms with E-state index in [1.54, 1.807) is 12.4 Å². The molecule has 0 radical (unpaired) electrons. The molecule has 3 heteroatoms. The van der Waals surface area contributed by atoms with Crippen LogP contribution in [-0.2, 0) is 0 Å². The standard InChI is InChI=1S/C10H14N2O/c1-10(2,3)9-12-7-6-11-5-4-8(7)13-9/h4-6,9,12H,1-3H3. The van der Waals surface area contributed by atoms with Crippen molar-refractivity contribution < 1.29 is 4.74 Å². The zero-order chi connectivity index (χ0) is 9.47. The summed E-state index contributed by atoms with van der Waals surface area (Å²) in [5.74, 6) is 0.898. The van der Waals surface area contributed by atoms with Crippen molar-refractivity contribution in [3.05, 3.63) is 18.5 Å². The summed E-state index contributed by atoms with van der Waals surface area (Å²) in [4.78, 5) is 4.03. The Morgan fingerprint density at radius 3 is 2.85 bits per heavy atom. The zero-order valence-electron chi connectivity index (χ0n) is 8.16. The summed E-state index contributed by atoms with van der Waals surface area (Å²) in [5.41, 5.74) is 1.08. The topological polar surface area (TPSA) is 34.2 Å². The van der Waals surface area contributed by atoms with Gasteiger partial charge in [-0.15, -0.1) is 0 Å². The second kappa shape index (κ2) is 2.62. The van der Waals surface area contributed by atoms with E-state index in [9.17, 15) is 0 Å². The Bertz CT molecular complexity index is 292. The highest BCUT2D eigenvalue weighted by molar-refractivity contribution is 5.58. The zero-order valence-corrected chi connectivity index (χ0v) is 8.16. The number of ether oxygens (including phenoxy) is 1. The maximum absolute atomic E-state index is 5.72. The third-order valence-electron chi connectivity index (χ3n) is 2.10. The summed E-state index contributed by atoms with van der Waals surface area (Å²) < 4.78 is 5.72. The van der Waals surface area contributed by atoms with Gasteiger partial charge in [-0.05, 0) is 0 Å². The highest BCUT2D eigenvalue weighted by atomic mass is 16.5. The molecular formula is C10H14N2O. The average molecular weight is 178 g/mol. The van der Waals surface area contributed by atoms with Crippen LogP contribution in [-0.4, -0.2) is 11.2 Å². The second-order valence-electron chi connectivity index (χ2n) is 4.38. The molecule has 70 valence electrons. The van der Waals surface area contributed by atoms with Crippen LogP contribution in [0.2, 0.25) is 0 Å². The van der Waals surface area contributed by atoms with Gasteiger partial charge in [-0.25, -0.2) is 0 Å². The molecular weight excluding hydrogens is 164 g/mol. The van der Waals surface area contributed by atoms with Gasteiger partial charge in [-0.2, -0.15) is 0 Å². The average Bonchev–Trinajstić information content (AvgIpc) is 2.45. The molecule has 1 unspecified atom stereocenters. The molecule has 0 spiro atoms. The predicted octanol–water partition coefficient (Wildman–Crippen LogP) is 2.26. The van der Waals surface area contributed by atoms with Gasteiger partial charge >= 0.3 is 0 Å². The van der Waals surface area contributed by atoms with Crippen molar-refractivity contribution in [2.75, 3.05) is 5.32 Å². The fraction of sp³-hybridized carbons (Fsp3) is 0.500. The third kappa shape index (κ3) is 1.46. The van der Waals surface area contributed by atoms with Gasteiger partial charge in [-0.3, -0.25) is 4.98 Å². The molecule has 1 aliphatic rings. The van der Waals surface area contributed by atoms with Crippen molar-refractivity contribution in [1.82, 2.24) is 4.98 Å². The van der Waals surface area contributed by atoms with Crippen LogP contribution in [0.3, 0.4) is 0 Å². The van der Waals surface area contributed by atoms with E-state index in [2.05, 4.69) is 31.1 Å². The molecule has 1 atom stereocenters. The Kier molecular flexibility index (Phi) is 1.68. The van der Waals surface area contributed by atoms with E-state index in [0.717, 1.165) is 11.4 Å². The summed E-state index contributed by atoms with van der Waals surface area (Å²) in [6.45, 7) is 6.43. The molecule has 2 rings (SSSR count). The maximum atomic E-state index is 5.72. The molecule has 0 saturated carbocycles. The van der Waals surface area contributed by atoms with Gasteiger partial charge < -0.3 is 10.1 Å². The Balaban J connectivity index is 2.23. The van der Waals surface area contributed by atoms with Crippen LogP contribution in [0.5, 0.6) is 5.75 Å². The fourth-order valence-corrected chi connectivity index (χ4v) is 1.28. The number of hydrogen-bond acceptors (Lipinski definition) is 3. The lowest BCUT2D eigenvalue weighted by molar-refractivity contribution is 0.127. The first-order valence-corrected chi connectivity index (χ1v) is 4.44. The van der Waals surface area contributed by atoms with Gasteiger partial charge in [0.15, 0.2) is 6.23 Å². The van der Waals surface area contributed by atoms with Gasteiger partial charge in [0.2, 0.25) is 0 Å². The molecule has 2 heterocycles. The highest BCUT2D eigenvalue weighted by Gasteiger charge is 2.32. The van der Waals surface area contributed by atoms with Gasteiger partial charge in [0, 0.05) is 17.7 Å². The summed E-state index contributed by atoms with van der Waals surface area (Å²) in [7, 11) is 0. The van der Waals surface area contributed by atoms with Crippen LogP contribution in [0.25, 0.3) is 0 Å². The van der Waals surface area contributed by atoms with Gasteiger partial charge in [0.05, 0.1) is 11.9 Å². The van der Waals surface area contributed by atoms with Gasteiger partial charge in [-0.1, -0.05) is 20.8 Å². The number of fused-ring (bicyclic) bond motifs is 1. The smallest absolute Gasteiger partial charge is 0.175 e. The van der Waals surface area contributed by atoms with Crippen LogP contribution in [0.4, 0.5) is 5.69 Å². The van der Waals surface area contributed by atoms with E-state index in [4.69, 9.17) is 4.74 Å². The molecule has 1 aromatic rings. The molecule has 1 aromatic heterocycles. The summed E-state index contributed by atoms with van der Waals surface area (Å²) in [6, 6.07) is 1.88. The quantitative estimate of drug-likeness (QED) is 0.661. The summed E-state index contributed by atoms with van der Waals surface area (Å²) in [5, 5.41) is 3.29. The van der Waals surface area contributed by atoms with Crippen molar-refractivity contribution in [1.29, 1.82) is 0 Å². The molecule has 0 fully saturated rings. The molecule has 0 saturated heterocycles. The lowest BCUT2D eigenvalue weighted by Crippen LogP contribution is -2.35. The first-order valence-electron chi connectivity index (χ1n) is 4.44. The van der Waals surface area contributed by atoms with Crippen molar-refractivity contribution in [2.24, 2.45) is 5.41 Å². The van der Waals surface area contributed by atoms with Gasteiger partial charge in [0.25, 0.3) is 0 Å². The van der Waals surface area contributed by atoms with E-state index < -0.39 is 0 Å². The van der Waals surface area contributed by atoms with E-state index in [0.29, 0.717) is 0 Å². The predicted molar refractivity (Wildman–Crippen MR) is 51.7 cm³/mol. The molecule has 1 aliphatic heterocycles. The number of pyridine rings is 1. The minimum atomic E-state index is 0.0479. The Morgan fingerprint density at radius 2 is 2.23 bits per heavy atom. The molecule has 0 bridgehead atoms. The number of nitrogens with one attached hydrogen (secondary N) is 1. The third-order valence-corrected chi connectivity index (χ3v) is 2.10. The molecule has 0 amide bonds. The van der Waals surface area contributed by atoms with Crippen LogP contribution >= 0.6 is 0 Å². The number of anilines is 1. The number of aromatic nitrogens is 1. The van der Waals surface area contributed by atoms with Crippen molar-refractivity contribution in [3.8, 4) is 5.75 Å². The molecule has 1 N–H and O–H groups in total. The number of rotatable bonds is 0. The maximum Gasteiger partial charge on any atom is 0.175 e. The first-order chi connectivity index (χ1) is 6.07. The van der Waals surface area contributed by atoms with Crippen LogP contribution < -0.4 is 10.1 Å². The second-order valence-corrected chi connectivity index (χ2v) is 4.38. The van der Waals surface area contributed by atoms with E-state index >= 15 is 0 Å². The molecule has 0 aromatic carbocycles. The number of nitrogens with zero attached hydrogens (tertiary/aromatic N) is 1. The normalized spacial score (nSPS) is 20.4. The molecule has 0 aliphatic carbocycles. The largest absolute Gasteiger partial charge is 0.468 e. The summed E-state index contributed by atoms with van der Waals surface area (Å²) in [6.07, 6.45) is 3.58. The van der Waals surface area contributed by atoms with Gasteiger partial charge in [0.1, 0.15) is 5.75 Å². The Hall–Kier alpha value is -1.25. The number of hydrogen-bond donors (Lipinski definition) is 1. The van der Waals surface area contributed by atoms with Crippen LogP contribution in [0.15, 0.2) is 18.5 Å². The van der Waals surface area contributed by atoms with Crippen molar-refractivity contribution in [2.45, 2.75) is 27.0 Å². The van der Waals surface area contributed by atoms with E-state index in [-0.39, 0.29) is 11.6 Å². The Labute approximate surface area is 78.1 Å². The highest BCUT2D eigenvalue weighted by Crippen LogP contribution is 2.36. The first kappa shape index (κ1) is 8.35. The minimum absolute atomic E-state index is 0.0479. The van der Waals surface area contributed by atoms with Crippen LogP contribution in [0, 0.1) is 5.41 Å².